The van der Waals surface area contributed by atoms with Gasteiger partial charge in [-0.3, -0.25) is 19.7 Å². The van der Waals surface area contributed by atoms with Crippen molar-refractivity contribution in [3.8, 4) is 5.88 Å². The molecule has 0 aromatic carbocycles. The highest BCUT2D eigenvalue weighted by molar-refractivity contribution is 7.45. The summed E-state index contributed by atoms with van der Waals surface area (Å²) in [5.41, 5.74) is -0.669. The molecule has 2 N–H and O–H groups in total. The molecular formula is C20H22N5O7PS. The molecule has 4 rings (SSSR count). The molecule has 180 valence electrons. The fourth-order valence-corrected chi connectivity index (χ4v) is 5.32. The number of piperidine rings is 1. The van der Waals surface area contributed by atoms with Gasteiger partial charge in [0.2, 0.25) is 5.88 Å². The molecule has 0 amide bonds. The minimum absolute atomic E-state index is 0.0252. The van der Waals surface area contributed by atoms with E-state index >= 15 is 0 Å². The lowest BCUT2D eigenvalue weighted by atomic mass is 9.94. The van der Waals surface area contributed by atoms with Crippen molar-refractivity contribution < 1.29 is 24.2 Å². The van der Waals surface area contributed by atoms with Crippen LogP contribution in [0.25, 0.3) is 10.8 Å². The van der Waals surface area contributed by atoms with Crippen molar-refractivity contribution in [2.75, 3.05) is 31.3 Å². The predicted octanol–water partition coefficient (Wildman–Crippen LogP) is 2.36. The van der Waals surface area contributed by atoms with Gasteiger partial charge in [-0.2, -0.15) is 14.8 Å². The van der Waals surface area contributed by atoms with Crippen molar-refractivity contribution in [3.63, 3.8) is 0 Å². The van der Waals surface area contributed by atoms with Crippen molar-refractivity contribution >= 4 is 47.2 Å². The summed E-state index contributed by atoms with van der Waals surface area (Å²) in [5, 5.41) is 15.4. The van der Waals surface area contributed by atoms with Crippen LogP contribution >= 0.6 is 19.7 Å². The zero-order valence-electron chi connectivity index (χ0n) is 18.2. The Kier molecular flexibility index (Phi) is 7.17. The molecule has 1 aliphatic heterocycles. The number of nitrogens with zero attached hydrogens (tertiary/aromatic N) is 5. The molecule has 0 spiro atoms. The lowest BCUT2D eigenvalue weighted by molar-refractivity contribution is -0.380. The first-order valence-corrected chi connectivity index (χ1v) is 12.7. The van der Waals surface area contributed by atoms with Gasteiger partial charge in [0, 0.05) is 36.8 Å². The molecule has 34 heavy (non-hydrogen) atoms. The third-order valence-corrected chi connectivity index (χ3v) is 7.44. The van der Waals surface area contributed by atoms with E-state index in [9.17, 15) is 29.5 Å². The Balaban J connectivity index is 1.70. The fraction of sp³-hybridized carbons (Fsp3) is 0.400. The zero-order valence-corrected chi connectivity index (χ0v) is 19.9. The first-order chi connectivity index (χ1) is 16.3. The highest BCUT2D eigenvalue weighted by atomic mass is 32.1. The number of anilines is 1. The van der Waals surface area contributed by atoms with Crippen LogP contribution in [-0.4, -0.2) is 61.7 Å². The molecule has 1 aliphatic rings. The van der Waals surface area contributed by atoms with E-state index in [1.165, 1.54) is 25.4 Å². The minimum atomic E-state index is -1.91. The molecule has 3 aromatic rings. The maximum absolute atomic E-state index is 13.4. The van der Waals surface area contributed by atoms with E-state index in [0.717, 1.165) is 19.3 Å². The van der Waals surface area contributed by atoms with Crippen LogP contribution in [0.3, 0.4) is 0 Å². The number of carbonyl (C=O) groups excluding carboxylic acids is 1. The first-order valence-electron chi connectivity index (χ1n) is 10.4. The van der Waals surface area contributed by atoms with Crippen molar-refractivity contribution in [3.05, 3.63) is 49.7 Å². The molecule has 0 radical (unpaired) electrons. The Labute approximate surface area is 198 Å². The lowest BCUT2D eigenvalue weighted by Gasteiger charge is -2.33. The van der Waals surface area contributed by atoms with E-state index in [1.54, 1.807) is 6.07 Å². The minimum Gasteiger partial charge on any atom is -0.481 e. The van der Waals surface area contributed by atoms with Gasteiger partial charge in [-0.05, 0) is 31.2 Å². The molecule has 0 unspecified atom stereocenters. The van der Waals surface area contributed by atoms with Crippen LogP contribution in [0.5, 0.6) is 5.88 Å². The smallest absolute Gasteiger partial charge is 0.324 e. The standard InChI is InChI=1S/C20H22N5O7PS/c1-32-15-10-13-11-21-24(19(26)14-2-3-16(34-14)25(28)29)20(27)17(13)18(22-15)23-7-4-12(5-8-23)6-9-33(30)31/h2-3,10-12,30-31H,4-9H2,1H3. The number of ether oxygens (including phenoxy) is 1. The molecular weight excluding hydrogens is 485 g/mol. The molecule has 0 bridgehead atoms. The highest BCUT2D eigenvalue weighted by Gasteiger charge is 2.26. The third-order valence-electron chi connectivity index (χ3n) is 5.76. The summed E-state index contributed by atoms with van der Waals surface area (Å²) in [6, 6.07) is 4.07. The van der Waals surface area contributed by atoms with Crippen LogP contribution in [0.2, 0.25) is 0 Å². The van der Waals surface area contributed by atoms with Gasteiger partial charge in [-0.1, -0.05) is 11.3 Å². The van der Waals surface area contributed by atoms with Gasteiger partial charge in [0.05, 0.1) is 23.6 Å². The summed E-state index contributed by atoms with van der Waals surface area (Å²) in [4.78, 5) is 61.5. The molecule has 0 atom stereocenters. The SMILES string of the molecule is COc1cc2cnn(C(=O)c3ccc([N+](=O)[O-])s3)c(=O)c2c(N2CCC(CCP(O)O)CC2)n1. The Morgan fingerprint density at radius 1 is 1.35 bits per heavy atom. The third kappa shape index (κ3) is 4.92. The summed E-state index contributed by atoms with van der Waals surface area (Å²) < 4.78 is 6.00. The van der Waals surface area contributed by atoms with Gasteiger partial charge in [0.15, 0.2) is 8.38 Å². The Bertz CT molecular complexity index is 1290. The van der Waals surface area contributed by atoms with Crippen molar-refractivity contribution in [2.24, 2.45) is 5.92 Å². The number of methoxy groups -OCH3 is 1. The average molecular weight is 507 g/mol. The van der Waals surface area contributed by atoms with E-state index in [4.69, 9.17) is 4.74 Å². The molecule has 1 fully saturated rings. The maximum atomic E-state index is 13.4. The zero-order chi connectivity index (χ0) is 24.4. The fourth-order valence-electron chi connectivity index (χ4n) is 3.98. The van der Waals surface area contributed by atoms with E-state index in [2.05, 4.69) is 10.1 Å². The Morgan fingerprint density at radius 2 is 2.09 bits per heavy atom. The van der Waals surface area contributed by atoms with Gasteiger partial charge in [0.1, 0.15) is 10.7 Å². The number of aromatic nitrogens is 3. The van der Waals surface area contributed by atoms with Gasteiger partial charge in [0.25, 0.3) is 11.5 Å². The van der Waals surface area contributed by atoms with Crippen LogP contribution in [0.1, 0.15) is 28.9 Å². The van der Waals surface area contributed by atoms with E-state index < -0.39 is 24.8 Å². The number of rotatable bonds is 7. The van der Waals surface area contributed by atoms with Gasteiger partial charge >= 0.3 is 5.00 Å². The van der Waals surface area contributed by atoms with Crippen LogP contribution in [0, 0.1) is 16.0 Å². The topological polar surface area (TPSA) is 161 Å². The van der Waals surface area contributed by atoms with E-state index in [0.29, 0.717) is 58.3 Å². The summed E-state index contributed by atoms with van der Waals surface area (Å²) in [6.45, 7) is 1.20. The van der Waals surface area contributed by atoms with Crippen LogP contribution in [-0.2, 0) is 0 Å². The molecule has 1 saturated heterocycles. The summed E-state index contributed by atoms with van der Waals surface area (Å²) >= 11 is 0.674. The predicted molar refractivity (Wildman–Crippen MR) is 127 cm³/mol. The second kappa shape index (κ2) is 10.1. The first kappa shape index (κ1) is 24.1. The largest absolute Gasteiger partial charge is 0.481 e. The quantitative estimate of drug-likeness (QED) is 0.276. The lowest BCUT2D eigenvalue weighted by Crippen LogP contribution is -2.36. The van der Waals surface area contributed by atoms with Crippen molar-refractivity contribution in [2.45, 2.75) is 19.3 Å². The van der Waals surface area contributed by atoms with Crippen LogP contribution in [0.4, 0.5) is 10.8 Å². The average Bonchev–Trinajstić information content (AvgIpc) is 3.33. The van der Waals surface area contributed by atoms with Gasteiger partial charge < -0.3 is 19.4 Å². The molecule has 0 saturated carbocycles. The maximum Gasteiger partial charge on any atom is 0.324 e. The number of thiophene rings is 1. The normalized spacial score (nSPS) is 14.6. The molecule has 4 heterocycles. The number of hydrogen-bond acceptors (Lipinski definition) is 11. The monoisotopic (exact) mass is 507 g/mol. The Morgan fingerprint density at radius 3 is 2.71 bits per heavy atom. The molecule has 14 heteroatoms. The number of hydrogen-bond donors (Lipinski definition) is 2. The molecule has 0 aliphatic carbocycles. The summed E-state index contributed by atoms with van der Waals surface area (Å²) in [6.07, 6.45) is 4.06. The van der Waals surface area contributed by atoms with Gasteiger partial charge in [-0.25, -0.2) is 0 Å². The van der Waals surface area contributed by atoms with Crippen molar-refractivity contribution in [1.82, 2.24) is 14.8 Å². The Hall–Kier alpha value is -2.99. The summed E-state index contributed by atoms with van der Waals surface area (Å²) in [7, 11) is -0.442. The molecule has 3 aromatic heterocycles. The molecule has 12 nitrogen and oxygen atoms in total. The number of nitro groups is 1. The summed E-state index contributed by atoms with van der Waals surface area (Å²) in [5.74, 6) is 0.266. The van der Waals surface area contributed by atoms with Crippen LogP contribution < -0.4 is 15.2 Å². The second-order valence-corrected chi connectivity index (χ2v) is 10.1. The number of fused-ring (bicyclic) bond motifs is 1. The second-order valence-electron chi connectivity index (χ2n) is 7.83. The number of pyridine rings is 1. The van der Waals surface area contributed by atoms with E-state index in [-0.39, 0.29) is 15.3 Å². The number of carbonyl (C=O) groups is 1. The van der Waals surface area contributed by atoms with E-state index in [1.807, 2.05) is 4.90 Å². The van der Waals surface area contributed by atoms with Gasteiger partial charge in [-0.15, -0.1) is 0 Å². The highest BCUT2D eigenvalue weighted by Crippen LogP contribution is 2.33. The van der Waals surface area contributed by atoms with Crippen LogP contribution in [0.15, 0.2) is 29.2 Å². The van der Waals surface area contributed by atoms with Crippen molar-refractivity contribution in [1.29, 1.82) is 0 Å².